The Kier molecular flexibility index (Phi) is 8.05. The van der Waals surface area contributed by atoms with E-state index in [1.807, 2.05) is 26.0 Å². The molecule has 1 amide bonds. The van der Waals surface area contributed by atoms with Crippen molar-refractivity contribution in [2.45, 2.75) is 20.8 Å². The molecular formula is C23H32IN5O2S. The maximum atomic E-state index is 12.3. The van der Waals surface area contributed by atoms with Crippen LogP contribution in [0.3, 0.4) is 0 Å². The highest BCUT2D eigenvalue weighted by Gasteiger charge is 2.33. The molecule has 0 unspecified atom stereocenters. The van der Waals surface area contributed by atoms with Crippen LogP contribution >= 0.6 is 11.3 Å². The van der Waals surface area contributed by atoms with E-state index in [2.05, 4.69) is 42.4 Å². The van der Waals surface area contributed by atoms with Crippen molar-refractivity contribution in [3.63, 3.8) is 0 Å². The number of amidine groups is 1. The van der Waals surface area contributed by atoms with Gasteiger partial charge in [0.25, 0.3) is 0 Å². The van der Waals surface area contributed by atoms with Gasteiger partial charge in [0.1, 0.15) is 10.8 Å². The molecule has 1 aromatic carbocycles. The maximum Gasteiger partial charge on any atom is 0.414 e. The normalized spacial score (nSPS) is 16.5. The number of piperazine rings is 1. The van der Waals surface area contributed by atoms with E-state index in [9.17, 15) is 4.79 Å². The minimum absolute atomic E-state index is 0. The Hall–Kier alpha value is -1.85. The molecule has 32 heavy (non-hydrogen) atoms. The number of nitrogens with one attached hydrogen (secondary N) is 1. The summed E-state index contributed by atoms with van der Waals surface area (Å²) in [6.07, 6.45) is -0.221. The summed E-state index contributed by atoms with van der Waals surface area (Å²) in [6, 6.07) is 10.4. The lowest BCUT2D eigenvalue weighted by atomic mass is 10.2. The molecule has 2 aromatic rings. The first-order chi connectivity index (χ1) is 14.9. The summed E-state index contributed by atoms with van der Waals surface area (Å²) in [6.45, 7) is 11.4. The molecule has 7 nitrogen and oxygen atoms in total. The Labute approximate surface area is 211 Å². The first kappa shape index (κ1) is 24.8. The topological polar surface area (TPSA) is 57.2 Å². The number of ether oxygens (including phenoxy) is 1. The van der Waals surface area contributed by atoms with Crippen LogP contribution in [0.2, 0.25) is 0 Å². The molecule has 3 heterocycles. The van der Waals surface area contributed by atoms with Gasteiger partial charge in [0.15, 0.2) is 0 Å². The molecule has 0 atom stereocenters. The van der Waals surface area contributed by atoms with Gasteiger partial charge in [-0.25, -0.2) is 9.79 Å². The first-order valence-electron chi connectivity index (χ1n) is 11.0. The minimum atomic E-state index is -0.221. The van der Waals surface area contributed by atoms with Crippen molar-refractivity contribution in [1.82, 2.24) is 9.80 Å². The SMILES string of the molecule is CCN(CC)C(=O)OC[N+]1(C)CCN(C2=Nc3ccccc3Nc3sc(C)cc32)CC1.[I-]. The fraction of sp³-hybridized carbons (Fsp3) is 0.478. The van der Waals surface area contributed by atoms with Gasteiger partial charge in [-0.05, 0) is 39.0 Å². The molecule has 1 saturated heterocycles. The van der Waals surface area contributed by atoms with Crippen molar-refractivity contribution in [2.75, 3.05) is 58.4 Å². The van der Waals surface area contributed by atoms with Crippen molar-refractivity contribution in [2.24, 2.45) is 4.99 Å². The van der Waals surface area contributed by atoms with E-state index in [4.69, 9.17) is 9.73 Å². The van der Waals surface area contributed by atoms with E-state index in [0.717, 1.165) is 52.9 Å². The highest BCUT2D eigenvalue weighted by atomic mass is 127. The lowest BCUT2D eigenvalue weighted by Gasteiger charge is -2.42. The summed E-state index contributed by atoms with van der Waals surface area (Å²) in [5.41, 5.74) is 3.18. The van der Waals surface area contributed by atoms with Crippen LogP contribution in [0.1, 0.15) is 24.3 Å². The number of carbonyl (C=O) groups excluding carboxylic acids is 1. The van der Waals surface area contributed by atoms with Gasteiger partial charge in [0.05, 0.1) is 50.2 Å². The predicted octanol–water partition coefficient (Wildman–Crippen LogP) is 1.39. The Morgan fingerprint density at radius 3 is 2.62 bits per heavy atom. The molecule has 1 fully saturated rings. The van der Waals surface area contributed by atoms with Gasteiger partial charge >= 0.3 is 6.09 Å². The van der Waals surface area contributed by atoms with Gasteiger partial charge in [-0.1, -0.05) is 12.1 Å². The van der Waals surface area contributed by atoms with Gasteiger partial charge in [0.2, 0.25) is 6.73 Å². The fourth-order valence-electron chi connectivity index (χ4n) is 4.06. The fourth-order valence-corrected chi connectivity index (χ4v) is 4.98. The molecule has 2 aliphatic heterocycles. The zero-order chi connectivity index (χ0) is 22.0. The number of aliphatic imine (C=N–C) groups is 1. The molecule has 1 aromatic heterocycles. The molecule has 0 bridgehead atoms. The van der Waals surface area contributed by atoms with Gasteiger partial charge in [-0.15, -0.1) is 11.3 Å². The zero-order valence-corrected chi connectivity index (χ0v) is 22.2. The standard InChI is InChI=1S/C23H32N5O2S.HI/c1-5-26(6-2)23(29)30-16-28(4)13-11-27(12-14-28)21-18-15-17(3)31-22(18)25-20-10-8-7-9-19(20)24-21;/h7-10,15,25H,5-6,11-14,16H2,1-4H3;1H/q+1;/p-1. The number of para-hydroxylation sites is 2. The monoisotopic (exact) mass is 569 g/mol. The number of benzene rings is 1. The molecular weight excluding hydrogens is 537 g/mol. The number of thiophene rings is 1. The zero-order valence-electron chi connectivity index (χ0n) is 19.2. The van der Waals surface area contributed by atoms with Gasteiger partial charge in [-0.3, -0.25) is 4.48 Å². The Morgan fingerprint density at radius 1 is 1.25 bits per heavy atom. The number of anilines is 2. The number of nitrogens with zero attached hydrogens (tertiary/aromatic N) is 4. The van der Waals surface area contributed by atoms with Crippen molar-refractivity contribution in [1.29, 1.82) is 0 Å². The van der Waals surface area contributed by atoms with Crippen LogP contribution in [0.5, 0.6) is 0 Å². The van der Waals surface area contributed by atoms with Crippen LogP contribution in [0.25, 0.3) is 0 Å². The van der Waals surface area contributed by atoms with Crippen LogP contribution in [0.15, 0.2) is 35.3 Å². The lowest BCUT2D eigenvalue weighted by Crippen LogP contribution is -3.00. The summed E-state index contributed by atoms with van der Waals surface area (Å²) in [7, 11) is 2.17. The number of hydrogen-bond acceptors (Lipinski definition) is 6. The number of hydrogen-bond donors (Lipinski definition) is 1. The van der Waals surface area contributed by atoms with Crippen LogP contribution in [0, 0.1) is 6.92 Å². The molecule has 0 radical (unpaired) electrons. The summed E-state index contributed by atoms with van der Waals surface area (Å²) < 4.78 is 6.36. The van der Waals surface area contributed by atoms with Crippen molar-refractivity contribution in [3.8, 4) is 0 Å². The van der Waals surface area contributed by atoms with Crippen LogP contribution < -0.4 is 29.3 Å². The number of likely N-dealkylation sites (N-methyl/N-ethyl adjacent to an activating group) is 1. The molecule has 0 aliphatic carbocycles. The highest BCUT2D eigenvalue weighted by Crippen LogP contribution is 2.39. The molecule has 1 N–H and O–H groups in total. The van der Waals surface area contributed by atoms with Crippen LogP contribution in [-0.4, -0.2) is 79.3 Å². The summed E-state index contributed by atoms with van der Waals surface area (Å²) in [5, 5.41) is 4.72. The van der Waals surface area contributed by atoms with Crippen molar-refractivity contribution < 1.29 is 38.0 Å². The average molecular weight is 570 g/mol. The van der Waals surface area contributed by atoms with Crippen LogP contribution in [-0.2, 0) is 4.74 Å². The number of aryl methyl sites for hydroxylation is 1. The number of carbonyl (C=O) groups is 1. The smallest absolute Gasteiger partial charge is 0.414 e. The second kappa shape index (κ2) is 10.4. The quantitative estimate of drug-likeness (QED) is 0.447. The van der Waals surface area contributed by atoms with E-state index in [1.165, 1.54) is 10.4 Å². The largest absolute Gasteiger partial charge is 1.00 e. The van der Waals surface area contributed by atoms with Gasteiger partial charge in [-0.2, -0.15) is 0 Å². The van der Waals surface area contributed by atoms with Gasteiger partial charge < -0.3 is 43.8 Å². The van der Waals surface area contributed by atoms with Crippen molar-refractivity contribution in [3.05, 3.63) is 40.8 Å². The lowest BCUT2D eigenvalue weighted by molar-refractivity contribution is -0.929. The van der Waals surface area contributed by atoms with E-state index in [1.54, 1.807) is 16.2 Å². The Balaban J connectivity index is 0.00000289. The minimum Gasteiger partial charge on any atom is -1.00 e. The second-order valence-corrected chi connectivity index (χ2v) is 9.70. The first-order valence-corrected chi connectivity index (χ1v) is 11.8. The maximum absolute atomic E-state index is 12.3. The van der Waals surface area contributed by atoms with E-state index in [0.29, 0.717) is 19.8 Å². The number of rotatable bonds is 4. The molecule has 2 aliphatic rings. The van der Waals surface area contributed by atoms with Crippen LogP contribution in [0.4, 0.5) is 21.2 Å². The number of fused-ring (bicyclic) bond motifs is 2. The van der Waals surface area contributed by atoms with Crippen molar-refractivity contribution >= 4 is 39.6 Å². The summed E-state index contributed by atoms with van der Waals surface area (Å²) >= 11 is 1.77. The number of amides is 1. The number of halogens is 1. The molecule has 174 valence electrons. The number of quaternary nitrogens is 1. The highest BCUT2D eigenvalue weighted by molar-refractivity contribution is 7.16. The second-order valence-electron chi connectivity index (χ2n) is 8.44. The molecule has 9 heteroatoms. The third kappa shape index (κ3) is 5.20. The Morgan fingerprint density at radius 2 is 1.94 bits per heavy atom. The Bertz CT molecular complexity index is 981. The van der Waals surface area contributed by atoms with Gasteiger partial charge in [0, 0.05) is 18.0 Å². The van der Waals surface area contributed by atoms with E-state index >= 15 is 0 Å². The van der Waals surface area contributed by atoms with E-state index in [-0.39, 0.29) is 30.1 Å². The summed E-state index contributed by atoms with van der Waals surface area (Å²) in [4.78, 5) is 22.7. The average Bonchev–Trinajstić information content (AvgIpc) is 3.05. The third-order valence-corrected chi connectivity index (χ3v) is 7.08. The third-order valence-electron chi connectivity index (χ3n) is 6.12. The summed E-state index contributed by atoms with van der Waals surface area (Å²) in [5.74, 6) is 1.03. The molecule has 0 saturated carbocycles. The molecule has 4 rings (SSSR count). The molecule has 0 spiro atoms. The van der Waals surface area contributed by atoms with E-state index < -0.39 is 0 Å². The predicted molar refractivity (Wildman–Crippen MR) is 127 cm³/mol.